The van der Waals surface area contributed by atoms with Gasteiger partial charge in [0.25, 0.3) is 0 Å². The van der Waals surface area contributed by atoms with E-state index in [2.05, 4.69) is 102 Å². The van der Waals surface area contributed by atoms with Gasteiger partial charge in [0.1, 0.15) is 21.7 Å². The Morgan fingerprint density at radius 3 is 1.46 bits per heavy atom. The SMILES string of the molecule is Fc1[c-]c(C=NCc2ccccc2)cc(F)c1F.[CH3-].[Pt+2].c1ccc([PH+](c2ccccc2)c2ccccc2)cc1. The fraction of sp³-hybridized carbons (Fsp3) is 0.0303. The van der Waals surface area contributed by atoms with E-state index in [1.807, 2.05) is 30.3 Å². The maximum Gasteiger partial charge on any atom is 2.00 e. The minimum Gasteiger partial charge on any atom is -0.358 e. The van der Waals surface area contributed by atoms with E-state index in [1.165, 1.54) is 22.1 Å². The molecule has 0 unspecified atom stereocenters. The summed E-state index contributed by atoms with van der Waals surface area (Å²) < 4.78 is 38.4. The van der Waals surface area contributed by atoms with Crippen LogP contribution in [-0.2, 0) is 27.6 Å². The van der Waals surface area contributed by atoms with E-state index in [0.29, 0.717) is 6.54 Å². The molecule has 0 aliphatic rings. The first-order chi connectivity index (χ1) is 18.1. The Bertz CT molecular complexity index is 1300. The summed E-state index contributed by atoms with van der Waals surface area (Å²) in [5, 5.41) is 4.31. The maximum absolute atomic E-state index is 12.9. The van der Waals surface area contributed by atoms with Crippen LogP contribution < -0.4 is 15.9 Å². The van der Waals surface area contributed by atoms with Crippen LogP contribution in [0, 0.1) is 30.9 Å². The molecule has 0 fully saturated rings. The zero-order valence-electron chi connectivity index (χ0n) is 21.3. The molecular weight excluding hydrogens is 693 g/mol. The number of benzene rings is 5. The monoisotopic (exact) mass is 721 g/mol. The topological polar surface area (TPSA) is 12.4 Å². The second-order valence-electron chi connectivity index (χ2n) is 8.13. The second-order valence-corrected chi connectivity index (χ2v) is 10.6. The van der Waals surface area contributed by atoms with Gasteiger partial charge in [0.2, 0.25) is 0 Å². The van der Waals surface area contributed by atoms with Crippen LogP contribution in [0.25, 0.3) is 0 Å². The number of rotatable bonds is 6. The Morgan fingerprint density at radius 2 is 1.05 bits per heavy atom. The van der Waals surface area contributed by atoms with Crippen LogP contribution in [0.1, 0.15) is 11.1 Å². The molecule has 5 aromatic carbocycles. The van der Waals surface area contributed by atoms with Gasteiger partial charge in [-0.1, -0.05) is 91.1 Å². The average molecular weight is 722 g/mol. The Kier molecular flexibility index (Phi) is 13.6. The van der Waals surface area contributed by atoms with Crippen LogP contribution in [0.3, 0.4) is 0 Å². The van der Waals surface area contributed by atoms with Crippen LogP contribution in [0.2, 0.25) is 0 Å². The zero-order valence-corrected chi connectivity index (χ0v) is 24.6. The van der Waals surface area contributed by atoms with Gasteiger partial charge in [-0.15, -0.1) is 17.7 Å². The summed E-state index contributed by atoms with van der Waals surface area (Å²) in [7, 11) is -0.877. The second kappa shape index (κ2) is 16.6. The van der Waals surface area contributed by atoms with Gasteiger partial charge in [0, 0.05) is 0 Å². The molecule has 0 amide bonds. The fourth-order valence-electron chi connectivity index (χ4n) is 3.74. The summed E-state index contributed by atoms with van der Waals surface area (Å²) in [5.41, 5.74) is 1.04. The van der Waals surface area contributed by atoms with Gasteiger partial charge in [-0.25, -0.2) is 8.78 Å². The molecule has 0 heterocycles. The van der Waals surface area contributed by atoms with E-state index in [-0.39, 0.29) is 34.1 Å². The summed E-state index contributed by atoms with van der Waals surface area (Å²) in [5.74, 6) is -4.10. The van der Waals surface area contributed by atoms with E-state index in [0.717, 1.165) is 11.6 Å². The molecule has 6 heteroatoms. The van der Waals surface area contributed by atoms with E-state index >= 15 is 0 Å². The Hall–Kier alpha value is -3.32. The largest absolute Gasteiger partial charge is 2.00 e. The number of hydrogen-bond acceptors (Lipinski definition) is 1. The van der Waals surface area contributed by atoms with Crippen molar-refractivity contribution in [3.63, 3.8) is 0 Å². The van der Waals surface area contributed by atoms with Crippen molar-refractivity contribution < 1.29 is 34.2 Å². The summed E-state index contributed by atoms with van der Waals surface area (Å²) in [6.45, 7) is 0.384. The number of nitrogens with zero attached hydrogens (tertiary/aromatic N) is 1. The Morgan fingerprint density at radius 1 is 0.641 bits per heavy atom. The van der Waals surface area contributed by atoms with Crippen molar-refractivity contribution in [2.75, 3.05) is 0 Å². The van der Waals surface area contributed by atoms with Gasteiger partial charge in [0.15, 0.2) is 0 Å². The van der Waals surface area contributed by atoms with Crippen LogP contribution in [-0.4, -0.2) is 6.21 Å². The Balaban J connectivity index is 0.000000261. The van der Waals surface area contributed by atoms with Crippen LogP contribution in [0.5, 0.6) is 0 Å². The standard InChI is InChI=1S/C18H15P.C14H9F3N.CH3.Pt/c1-4-10-16(11-5-1)19(17-12-6-2-7-13-17)18-14-8-3-9-15-18;15-12-6-11(7-13(16)14(12)17)9-18-8-10-4-2-1-3-5-10;;/h1-15H;1-6,9H,8H2;1H3;/q;2*-1;+2/p+1. The molecule has 0 saturated heterocycles. The molecule has 0 aromatic heterocycles. The van der Waals surface area contributed by atoms with Crippen molar-refractivity contribution in [2.24, 2.45) is 4.99 Å². The van der Waals surface area contributed by atoms with Gasteiger partial charge in [-0.2, -0.15) is 0 Å². The third kappa shape index (κ3) is 9.43. The number of halogens is 3. The summed E-state index contributed by atoms with van der Waals surface area (Å²) in [6.07, 6.45) is 1.26. The summed E-state index contributed by atoms with van der Waals surface area (Å²) >= 11 is 0. The van der Waals surface area contributed by atoms with Crippen LogP contribution >= 0.6 is 7.92 Å². The first kappa shape index (κ1) is 31.9. The normalized spacial score (nSPS) is 10.3. The fourth-order valence-corrected chi connectivity index (χ4v) is 6.32. The number of hydrogen-bond donors (Lipinski definition) is 0. The third-order valence-corrected chi connectivity index (χ3v) is 8.21. The van der Waals surface area contributed by atoms with E-state index in [9.17, 15) is 13.2 Å². The Labute approximate surface area is 244 Å². The van der Waals surface area contributed by atoms with Gasteiger partial charge >= 0.3 is 21.1 Å². The summed E-state index contributed by atoms with van der Waals surface area (Å²) in [6, 6.07) is 44.8. The molecule has 0 atom stereocenters. The zero-order chi connectivity index (χ0) is 25.9. The predicted molar refractivity (Wildman–Crippen MR) is 156 cm³/mol. The molecule has 1 nitrogen and oxygen atoms in total. The van der Waals surface area contributed by atoms with Gasteiger partial charge < -0.3 is 12.4 Å². The average Bonchev–Trinajstić information content (AvgIpc) is 2.95. The molecule has 5 aromatic rings. The maximum atomic E-state index is 12.9. The molecule has 39 heavy (non-hydrogen) atoms. The molecule has 0 N–H and O–H groups in total. The molecular formula is C33H28F3NPPt+. The van der Waals surface area contributed by atoms with Gasteiger partial charge in [-0.05, 0) is 42.0 Å². The third-order valence-electron chi connectivity index (χ3n) is 5.47. The van der Waals surface area contributed by atoms with Crippen molar-refractivity contribution in [2.45, 2.75) is 6.54 Å². The molecule has 0 aliphatic carbocycles. The molecule has 0 aliphatic heterocycles. The van der Waals surface area contributed by atoms with Gasteiger partial charge in [0.05, 0.1) is 26.1 Å². The van der Waals surface area contributed by atoms with E-state index < -0.39 is 25.4 Å². The number of aliphatic imine (C=N–C) groups is 1. The van der Waals surface area contributed by atoms with Crippen molar-refractivity contribution in [1.82, 2.24) is 0 Å². The molecule has 5 rings (SSSR count). The van der Waals surface area contributed by atoms with E-state index in [1.54, 1.807) is 0 Å². The first-order valence-electron chi connectivity index (χ1n) is 11.8. The smallest absolute Gasteiger partial charge is 0.358 e. The van der Waals surface area contributed by atoms with E-state index in [4.69, 9.17) is 0 Å². The van der Waals surface area contributed by atoms with Crippen molar-refractivity contribution in [3.8, 4) is 0 Å². The molecule has 200 valence electrons. The molecule has 0 spiro atoms. The minimum atomic E-state index is -1.52. The van der Waals surface area contributed by atoms with Crippen molar-refractivity contribution >= 4 is 30.0 Å². The summed E-state index contributed by atoms with van der Waals surface area (Å²) in [4.78, 5) is 4.01. The molecule has 0 bridgehead atoms. The van der Waals surface area contributed by atoms with Crippen LogP contribution in [0.4, 0.5) is 13.2 Å². The van der Waals surface area contributed by atoms with Crippen LogP contribution in [0.15, 0.2) is 132 Å². The van der Waals surface area contributed by atoms with Gasteiger partial charge in [-0.3, -0.25) is 4.39 Å². The molecule has 0 saturated carbocycles. The minimum absolute atomic E-state index is 0. The van der Waals surface area contributed by atoms with Crippen molar-refractivity contribution in [3.05, 3.63) is 169 Å². The quantitative estimate of drug-likeness (QED) is 0.0766. The molecule has 0 radical (unpaired) electrons. The first-order valence-corrected chi connectivity index (χ1v) is 13.3. The van der Waals surface area contributed by atoms with Crippen molar-refractivity contribution in [1.29, 1.82) is 0 Å². The predicted octanol–water partition coefficient (Wildman–Crippen LogP) is 7.15.